The summed E-state index contributed by atoms with van der Waals surface area (Å²) in [6, 6.07) is 5.98. The second-order valence-corrected chi connectivity index (χ2v) is 13.2. The van der Waals surface area contributed by atoms with Gasteiger partial charge in [-0.1, -0.05) is 20.8 Å². The number of amides is 1. The Hall–Kier alpha value is -3.76. The first-order valence-corrected chi connectivity index (χ1v) is 15.2. The van der Waals surface area contributed by atoms with E-state index in [9.17, 15) is 9.59 Å². The van der Waals surface area contributed by atoms with Crippen LogP contribution in [0.5, 0.6) is 0 Å². The molecule has 0 bridgehead atoms. The number of carbonyl (C=O) groups excluding carboxylic acids is 1. The van der Waals surface area contributed by atoms with E-state index in [2.05, 4.69) is 42.0 Å². The monoisotopic (exact) mass is 569 g/mol. The Balaban J connectivity index is 1.24. The third-order valence-electron chi connectivity index (χ3n) is 8.61. The molecular formula is C31H35N7O2S. The van der Waals surface area contributed by atoms with Crippen LogP contribution < -0.4 is 21.1 Å². The summed E-state index contributed by atoms with van der Waals surface area (Å²) in [5.74, 6) is 0.708. The molecule has 2 aliphatic heterocycles. The first kappa shape index (κ1) is 26.2. The summed E-state index contributed by atoms with van der Waals surface area (Å²) >= 11 is 1.59. The number of aryl methyl sites for hydroxylation is 1. The molecule has 4 aromatic rings. The van der Waals surface area contributed by atoms with E-state index in [4.69, 9.17) is 9.97 Å². The van der Waals surface area contributed by atoms with E-state index in [1.807, 2.05) is 23.2 Å². The van der Waals surface area contributed by atoms with Gasteiger partial charge >= 0.3 is 0 Å². The van der Waals surface area contributed by atoms with E-state index in [0.717, 1.165) is 72.1 Å². The van der Waals surface area contributed by atoms with Crippen molar-refractivity contribution in [1.82, 2.24) is 24.4 Å². The summed E-state index contributed by atoms with van der Waals surface area (Å²) in [5, 5.41) is 7.41. The number of anilines is 3. The number of nitrogens with one attached hydrogen (secondary N) is 2. The second-order valence-electron chi connectivity index (χ2n) is 12.1. The highest BCUT2D eigenvalue weighted by molar-refractivity contribution is 7.15. The van der Waals surface area contributed by atoms with Gasteiger partial charge in [0.15, 0.2) is 5.13 Å². The van der Waals surface area contributed by atoms with Crippen molar-refractivity contribution in [3.05, 3.63) is 74.0 Å². The number of aromatic nitrogens is 4. The number of nitrogens with zero attached hydrogens (tertiary/aromatic N) is 5. The molecule has 0 atom stereocenters. The predicted octanol–water partition coefficient (Wildman–Crippen LogP) is 4.44. The number of pyridine rings is 2. The topological polar surface area (TPSA) is 97.1 Å². The summed E-state index contributed by atoms with van der Waals surface area (Å²) in [6.45, 7) is 9.76. The van der Waals surface area contributed by atoms with E-state index in [0.29, 0.717) is 24.5 Å². The lowest BCUT2D eigenvalue weighted by Gasteiger charge is -2.31. The summed E-state index contributed by atoms with van der Waals surface area (Å²) in [7, 11) is 1.77. The van der Waals surface area contributed by atoms with Crippen LogP contribution in [0.25, 0.3) is 11.1 Å². The minimum Gasteiger partial charge on any atom is -0.339 e. The zero-order valence-electron chi connectivity index (χ0n) is 24.0. The molecule has 6 heterocycles. The van der Waals surface area contributed by atoms with Crippen LogP contribution in [-0.2, 0) is 45.8 Å². The van der Waals surface area contributed by atoms with Gasteiger partial charge in [0.1, 0.15) is 17.2 Å². The van der Waals surface area contributed by atoms with Crippen LogP contribution in [0, 0.1) is 5.41 Å². The third kappa shape index (κ3) is 4.40. The van der Waals surface area contributed by atoms with Gasteiger partial charge in [0.05, 0.1) is 5.69 Å². The van der Waals surface area contributed by atoms with Crippen molar-refractivity contribution in [2.75, 3.05) is 23.3 Å². The molecule has 7 rings (SSSR count). The maximum absolute atomic E-state index is 13.8. The van der Waals surface area contributed by atoms with Crippen LogP contribution in [0.1, 0.15) is 58.7 Å². The van der Waals surface area contributed by atoms with E-state index >= 15 is 0 Å². The molecule has 0 saturated heterocycles. The van der Waals surface area contributed by atoms with Gasteiger partial charge in [-0.2, -0.15) is 0 Å². The fourth-order valence-electron chi connectivity index (χ4n) is 6.69. The fraction of sp³-hybridized carbons (Fsp3) is 0.419. The smallest absolute Gasteiger partial charge is 0.276 e. The molecule has 1 amide bonds. The van der Waals surface area contributed by atoms with E-state index < -0.39 is 0 Å². The molecule has 212 valence electrons. The number of fused-ring (bicyclic) bond motifs is 4. The predicted molar refractivity (Wildman–Crippen MR) is 162 cm³/mol. The molecule has 0 saturated carbocycles. The zero-order valence-corrected chi connectivity index (χ0v) is 24.8. The average Bonchev–Trinajstić information content (AvgIpc) is 3.60. The number of hydrogen-bond acceptors (Lipinski definition) is 7. The summed E-state index contributed by atoms with van der Waals surface area (Å²) in [5.41, 5.74) is 7.96. The summed E-state index contributed by atoms with van der Waals surface area (Å²) < 4.78 is 3.84. The largest absolute Gasteiger partial charge is 0.339 e. The van der Waals surface area contributed by atoms with Crippen molar-refractivity contribution in [3.63, 3.8) is 0 Å². The van der Waals surface area contributed by atoms with Gasteiger partial charge in [-0.3, -0.25) is 14.5 Å². The molecule has 10 heteroatoms. The van der Waals surface area contributed by atoms with Gasteiger partial charge in [0.2, 0.25) is 0 Å². The highest BCUT2D eigenvalue weighted by Crippen LogP contribution is 2.40. The molecule has 4 aromatic heterocycles. The lowest BCUT2D eigenvalue weighted by Crippen LogP contribution is -2.41. The number of rotatable bonds is 5. The molecule has 0 unspecified atom stereocenters. The molecule has 9 nitrogen and oxygen atoms in total. The highest BCUT2D eigenvalue weighted by atomic mass is 32.1. The van der Waals surface area contributed by atoms with Crippen LogP contribution >= 0.6 is 11.3 Å². The molecular weight excluding hydrogens is 534 g/mol. The summed E-state index contributed by atoms with van der Waals surface area (Å²) in [4.78, 5) is 39.5. The molecule has 2 N–H and O–H groups in total. The quantitative estimate of drug-likeness (QED) is 0.369. The number of thiazole rings is 1. The maximum Gasteiger partial charge on any atom is 0.276 e. The average molecular weight is 570 g/mol. The first-order chi connectivity index (χ1) is 19.7. The van der Waals surface area contributed by atoms with E-state index in [1.165, 1.54) is 16.1 Å². The Bertz CT molecular complexity index is 1740. The molecule has 0 spiro atoms. The highest BCUT2D eigenvalue weighted by Gasteiger charge is 2.37. The van der Waals surface area contributed by atoms with Crippen molar-refractivity contribution in [2.24, 2.45) is 12.5 Å². The van der Waals surface area contributed by atoms with Crippen molar-refractivity contribution in [1.29, 1.82) is 0 Å². The van der Waals surface area contributed by atoms with Gasteiger partial charge in [-0.15, -0.1) is 11.3 Å². The number of carbonyl (C=O) groups is 1. The van der Waals surface area contributed by atoms with Crippen LogP contribution in [0.15, 0.2) is 35.4 Å². The molecule has 0 fully saturated rings. The molecule has 0 radical (unpaired) electrons. The Morgan fingerprint density at radius 1 is 1.17 bits per heavy atom. The minimum absolute atomic E-state index is 0.00727. The fourth-order valence-corrected chi connectivity index (χ4v) is 7.68. The van der Waals surface area contributed by atoms with E-state index in [-0.39, 0.29) is 16.9 Å². The normalized spacial score (nSPS) is 17.4. The maximum atomic E-state index is 13.8. The first-order valence-electron chi connectivity index (χ1n) is 14.4. The van der Waals surface area contributed by atoms with E-state index in [1.54, 1.807) is 29.1 Å². The van der Waals surface area contributed by atoms with Crippen LogP contribution in [0.3, 0.4) is 0 Å². The van der Waals surface area contributed by atoms with Crippen LogP contribution in [0.2, 0.25) is 0 Å². The van der Waals surface area contributed by atoms with Crippen molar-refractivity contribution < 1.29 is 4.79 Å². The molecule has 1 aliphatic carbocycles. The summed E-state index contributed by atoms with van der Waals surface area (Å²) in [6.07, 6.45) is 7.24. The van der Waals surface area contributed by atoms with Crippen LogP contribution in [-0.4, -0.2) is 38.1 Å². The zero-order chi connectivity index (χ0) is 28.5. The second kappa shape index (κ2) is 9.66. The molecule has 3 aliphatic rings. The van der Waals surface area contributed by atoms with Crippen LogP contribution in [0.4, 0.5) is 16.6 Å². The Morgan fingerprint density at radius 3 is 2.83 bits per heavy atom. The lowest BCUT2D eigenvalue weighted by atomic mass is 9.90. The van der Waals surface area contributed by atoms with Gasteiger partial charge in [-0.05, 0) is 54.0 Å². The van der Waals surface area contributed by atoms with Gasteiger partial charge in [-0.25, -0.2) is 9.97 Å². The van der Waals surface area contributed by atoms with Crippen molar-refractivity contribution in [2.45, 2.75) is 59.5 Å². The third-order valence-corrected chi connectivity index (χ3v) is 9.62. The Kier molecular flexibility index (Phi) is 6.17. The minimum atomic E-state index is -0.115. The van der Waals surface area contributed by atoms with Gasteiger partial charge in [0, 0.05) is 73.7 Å². The SMILES string of the molecule is CCc1c(-c2cc(Nc3nc4c(s3)CNCC4)c(=O)n(C)c2)ccnc1N1CCn2c(cc3c2CC(C)(C)C3)C1=O. The number of hydrogen-bond donors (Lipinski definition) is 2. The van der Waals surface area contributed by atoms with Crippen molar-refractivity contribution >= 4 is 33.9 Å². The van der Waals surface area contributed by atoms with Crippen molar-refractivity contribution in [3.8, 4) is 11.1 Å². The lowest BCUT2D eigenvalue weighted by molar-refractivity contribution is 0.0963. The van der Waals surface area contributed by atoms with Gasteiger partial charge < -0.3 is 19.8 Å². The Morgan fingerprint density at radius 2 is 2.02 bits per heavy atom. The van der Waals surface area contributed by atoms with Gasteiger partial charge in [0.25, 0.3) is 11.5 Å². The molecule has 41 heavy (non-hydrogen) atoms. The molecule has 0 aromatic carbocycles. The standard InChI is InChI=1S/C31H35N7O2S/c1-5-20-21(19-12-23(28(39)36(4)17-19)35-30-34-22-7-8-32-16-26(22)41-30)6-9-33-27(20)38-11-10-37-24(29(38)40)13-18-14-31(2,3)15-25(18)37/h6,9,12-13,17,32H,5,7-8,10-11,14-16H2,1-4H3,(H,34,35). The Labute approximate surface area is 243 Å².